The molecule has 1 aliphatic heterocycles. The predicted molar refractivity (Wildman–Crippen MR) is 87.0 cm³/mol. The average Bonchev–Trinajstić information content (AvgIpc) is 2.48. The van der Waals surface area contributed by atoms with Crippen molar-refractivity contribution in [3.63, 3.8) is 0 Å². The maximum atomic E-state index is 13.5. The van der Waals surface area contributed by atoms with Gasteiger partial charge in [-0.25, -0.2) is 4.39 Å². The Hall–Kier alpha value is -1.93. The Morgan fingerprint density at radius 2 is 2.00 bits per heavy atom. The molecule has 0 aliphatic carbocycles. The number of anilines is 1. The van der Waals surface area contributed by atoms with E-state index in [2.05, 4.69) is 0 Å². The molecule has 2 rings (SSSR count). The number of hydrogen-bond donors (Lipinski definition) is 2. The molecule has 1 amide bonds. The van der Waals surface area contributed by atoms with Crippen LogP contribution in [0.25, 0.3) is 0 Å². The summed E-state index contributed by atoms with van der Waals surface area (Å²) < 4.78 is 13.5. The van der Waals surface area contributed by atoms with Crippen LogP contribution in [-0.2, 0) is 0 Å². The first-order valence-electron chi connectivity index (χ1n) is 7.09. The van der Waals surface area contributed by atoms with Crippen LogP contribution in [0.15, 0.2) is 12.1 Å². The fraction of sp³-hybridized carbons (Fsp3) is 0.500. The summed E-state index contributed by atoms with van der Waals surface area (Å²) in [7, 11) is 0. The van der Waals surface area contributed by atoms with Gasteiger partial charge in [0.25, 0.3) is 11.6 Å². The summed E-state index contributed by atoms with van der Waals surface area (Å²) in [4.78, 5) is 24.1. The molecule has 0 bridgehead atoms. The molecule has 1 heterocycles. The molecular formula is C14H20ClFN4O3. The Balaban J connectivity index is 0.00000264. The van der Waals surface area contributed by atoms with E-state index in [1.165, 1.54) is 4.90 Å². The van der Waals surface area contributed by atoms with E-state index in [9.17, 15) is 19.3 Å². The molecule has 0 saturated carbocycles. The van der Waals surface area contributed by atoms with E-state index in [0.717, 1.165) is 18.9 Å². The van der Waals surface area contributed by atoms with Gasteiger partial charge in [0.1, 0.15) is 11.5 Å². The zero-order valence-electron chi connectivity index (χ0n) is 12.7. The van der Waals surface area contributed by atoms with Gasteiger partial charge in [0.15, 0.2) is 0 Å². The molecular weight excluding hydrogens is 327 g/mol. The van der Waals surface area contributed by atoms with Gasteiger partial charge < -0.3 is 16.4 Å². The van der Waals surface area contributed by atoms with Crippen molar-refractivity contribution < 1.29 is 14.1 Å². The number of carbonyl (C=O) groups excluding carboxylic acids is 1. The number of rotatable bonds is 3. The number of hydrogen-bond acceptors (Lipinski definition) is 5. The molecule has 1 aliphatic rings. The van der Waals surface area contributed by atoms with Crippen LogP contribution in [0.2, 0.25) is 0 Å². The van der Waals surface area contributed by atoms with Crippen molar-refractivity contribution in [2.75, 3.05) is 18.8 Å². The quantitative estimate of drug-likeness (QED) is 0.493. The number of amides is 1. The molecule has 9 heteroatoms. The molecule has 1 aromatic rings. The SMILES string of the molecule is CC(N)C1CCN(C(=O)c2cc(F)cc([N+](=O)[O-])c2N)CC1.Cl. The molecule has 7 nitrogen and oxygen atoms in total. The number of nitro benzene ring substituents is 1. The van der Waals surface area contributed by atoms with E-state index in [0.29, 0.717) is 25.1 Å². The monoisotopic (exact) mass is 346 g/mol. The summed E-state index contributed by atoms with van der Waals surface area (Å²) in [6, 6.07) is 1.72. The van der Waals surface area contributed by atoms with Crippen LogP contribution in [0.3, 0.4) is 0 Å². The van der Waals surface area contributed by atoms with Crippen LogP contribution in [0.1, 0.15) is 30.1 Å². The van der Waals surface area contributed by atoms with Gasteiger partial charge in [-0.1, -0.05) is 0 Å². The van der Waals surface area contributed by atoms with Crippen molar-refractivity contribution >= 4 is 29.7 Å². The van der Waals surface area contributed by atoms with Gasteiger partial charge in [0.2, 0.25) is 0 Å². The van der Waals surface area contributed by atoms with Gasteiger partial charge in [-0.2, -0.15) is 0 Å². The normalized spacial score (nSPS) is 16.6. The lowest BCUT2D eigenvalue weighted by molar-refractivity contribution is -0.384. The summed E-state index contributed by atoms with van der Waals surface area (Å²) >= 11 is 0. The van der Waals surface area contributed by atoms with Crippen LogP contribution >= 0.6 is 12.4 Å². The molecule has 128 valence electrons. The Kier molecular flexibility index (Phi) is 6.28. The lowest BCUT2D eigenvalue weighted by Crippen LogP contribution is -2.42. The first-order chi connectivity index (χ1) is 10.3. The summed E-state index contributed by atoms with van der Waals surface area (Å²) in [5, 5.41) is 10.9. The molecule has 0 aromatic heterocycles. The number of nitrogens with two attached hydrogens (primary N) is 2. The van der Waals surface area contributed by atoms with Gasteiger partial charge in [0, 0.05) is 19.1 Å². The van der Waals surface area contributed by atoms with Crippen molar-refractivity contribution in [2.24, 2.45) is 11.7 Å². The maximum Gasteiger partial charge on any atom is 0.295 e. The van der Waals surface area contributed by atoms with Crippen molar-refractivity contribution in [2.45, 2.75) is 25.8 Å². The van der Waals surface area contributed by atoms with Crippen molar-refractivity contribution in [1.82, 2.24) is 4.90 Å². The highest BCUT2D eigenvalue weighted by atomic mass is 35.5. The number of carbonyl (C=O) groups is 1. The van der Waals surface area contributed by atoms with Crippen LogP contribution in [-0.4, -0.2) is 34.9 Å². The van der Waals surface area contributed by atoms with Gasteiger partial charge in [0.05, 0.1) is 16.6 Å². The van der Waals surface area contributed by atoms with Crippen LogP contribution in [0, 0.1) is 21.8 Å². The Morgan fingerprint density at radius 1 is 1.43 bits per heavy atom. The van der Waals surface area contributed by atoms with Crippen molar-refractivity contribution in [3.8, 4) is 0 Å². The second kappa shape index (κ2) is 7.56. The number of likely N-dealkylation sites (tertiary alicyclic amines) is 1. The highest BCUT2D eigenvalue weighted by Gasteiger charge is 2.29. The van der Waals surface area contributed by atoms with Crippen molar-refractivity contribution in [3.05, 3.63) is 33.6 Å². The Bertz CT molecular complexity index is 604. The van der Waals surface area contributed by atoms with Gasteiger partial charge in [-0.3, -0.25) is 14.9 Å². The smallest absolute Gasteiger partial charge is 0.295 e. The van der Waals surface area contributed by atoms with Crippen LogP contribution in [0.5, 0.6) is 0 Å². The van der Waals surface area contributed by atoms with Crippen LogP contribution < -0.4 is 11.5 Å². The Morgan fingerprint density at radius 3 is 2.48 bits per heavy atom. The molecule has 1 aromatic carbocycles. The topological polar surface area (TPSA) is 115 Å². The third-order valence-electron chi connectivity index (χ3n) is 4.12. The minimum atomic E-state index is -0.852. The molecule has 4 N–H and O–H groups in total. The lowest BCUT2D eigenvalue weighted by atomic mass is 9.90. The Labute approximate surface area is 139 Å². The summed E-state index contributed by atoms with van der Waals surface area (Å²) in [5.74, 6) is -0.999. The van der Waals surface area contributed by atoms with E-state index in [1.807, 2.05) is 6.92 Å². The number of nitro groups is 1. The zero-order valence-corrected chi connectivity index (χ0v) is 13.5. The number of nitrogen functional groups attached to an aromatic ring is 1. The van der Waals surface area contributed by atoms with E-state index in [4.69, 9.17) is 11.5 Å². The highest BCUT2D eigenvalue weighted by molar-refractivity contribution is 6.01. The molecule has 0 spiro atoms. The molecule has 23 heavy (non-hydrogen) atoms. The summed E-state index contributed by atoms with van der Waals surface area (Å²) in [6.45, 7) is 2.89. The maximum absolute atomic E-state index is 13.5. The second-order valence-corrected chi connectivity index (χ2v) is 5.63. The molecule has 1 saturated heterocycles. The van der Waals surface area contributed by atoms with Crippen LogP contribution in [0.4, 0.5) is 15.8 Å². The molecule has 1 fully saturated rings. The second-order valence-electron chi connectivity index (χ2n) is 5.63. The third-order valence-corrected chi connectivity index (χ3v) is 4.12. The number of piperidine rings is 1. The van der Waals surface area contributed by atoms with Crippen molar-refractivity contribution in [1.29, 1.82) is 0 Å². The average molecular weight is 347 g/mol. The largest absolute Gasteiger partial charge is 0.393 e. The molecule has 1 atom stereocenters. The first-order valence-corrected chi connectivity index (χ1v) is 7.09. The van der Waals surface area contributed by atoms with Gasteiger partial charge in [-0.15, -0.1) is 12.4 Å². The number of nitrogens with zero attached hydrogens (tertiary/aromatic N) is 2. The van der Waals surface area contributed by atoms with E-state index in [1.54, 1.807) is 0 Å². The van der Waals surface area contributed by atoms with E-state index in [-0.39, 0.29) is 29.7 Å². The minimum absolute atomic E-state index is 0. The first kappa shape index (κ1) is 19.1. The van der Waals surface area contributed by atoms with Gasteiger partial charge >= 0.3 is 0 Å². The minimum Gasteiger partial charge on any atom is -0.393 e. The highest BCUT2D eigenvalue weighted by Crippen LogP contribution is 2.29. The fourth-order valence-corrected chi connectivity index (χ4v) is 2.73. The standard InChI is InChI=1S/C14H19FN4O3.ClH/c1-8(16)9-2-4-18(5-3-9)14(20)11-6-10(15)7-12(13(11)17)19(21)22;/h6-9H,2-5,16-17H2,1H3;1H. The number of halogens is 2. The van der Waals surface area contributed by atoms with E-state index >= 15 is 0 Å². The third kappa shape index (κ3) is 4.08. The predicted octanol–water partition coefficient (Wildman–Crippen LogP) is 1.94. The molecule has 1 unspecified atom stereocenters. The fourth-order valence-electron chi connectivity index (χ4n) is 2.73. The van der Waals surface area contributed by atoms with E-state index < -0.39 is 22.3 Å². The number of benzene rings is 1. The molecule has 0 radical (unpaired) electrons. The zero-order chi connectivity index (χ0) is 16.4. The summed E-state index contributed by atoms with van der Waals surface area (Å²) in [5.41, 5.74) is 10.5. The lowest BCUT2D eigenvalue weighted by Gasteiger charge is -2.33. The van der Waals surface area contributed by atoms with Gasteiger partial charge in [-0.05, 0) is 31.7 Å². The summed E-state index contributed by atoms with van der Waals surface area (Å²) in [6.07, 6.45) is 1.50.